The van der Waals surface area contributed by atoms with E-state index < -0.39 is 44.1 Å². The van der Waals surface area contributed by atoms with Crippen molar-refractivity contribution in [2.75, 3.05) is 11.5 Å². The van der Waals surface area contributed by atoms with E-state index in [0.29, 0.717) is 0 Å². The molecule has 34 heavy (non-hydrogen) atoms. The summed E-state index contributed by atoms with van der Waals surface area (Å²) in [5, 5.41) is 18.8. The van der Waals surface area contributed by atoms with Crippen LogP contribution in [0.15, 0.2) is 58.3 Å². The van der Waals surface area contributed by atoms with Gasteiger partial charge < -0.3 is 10.2 Å². The van der Waals surface area contributed by atoms with E-state index in [4.69, 9.17) is 0 Å². The maximum absolute atomic E-state index is 12.5. The van der Waals surface area contributed by atoms with Crippen LogP contribution in [0.4, 0.5) is 0 Å². The summed E-state index contributed by atoms with van der Waals surface area (Å²) < 4.78 is 54.1. The number of rotatable bonds is 13. The van der Waals surface area contributed by atoms with Crippen LogP contribution in [0.25, 0.3) is 0 Å². The lowest BCUT2D eigenvalue weighted by Gasteiger charge is -2.16. The van der Waals surface area contributed by atoms with Gasteiger partial charge >= 0.3 is 11.9 Å². The van der Waals surface area contributed by atoms with Crippen LogP contribution in [0, 0.1) is 13.8 Å². The normalized spacial score (nSPS) is 13.8. The Morgan fingerprint density at radius 3 is 1.26 bits per heavy atom. The highest BCUT2D eigenvalue weighted by Gasteiger charge is 2.28. The summed E-state index contributed by atoms with van der Waals surface area (Å²) in [7, 11) is -6.35. The molecule has 0 aromatic heterocycles. The fourth-order valence-electron chi connectivity index (χ4n) is 2.49. The quantitative estimate of drug-likeness (QED) is 0.214. The van der Waals surface area contributed by atoms with E-state index in [9.17, 15) is 36.6 Å². The van der Waals surface area contributed by atoms with E-state index in [1.807, 2.05) is 0 Å². The highest BCUT2D eigenvalue weighted by molar-refractivity contribution is 8.76. The Balaban J connectivity index is 1.96. The summed E-state index contributed by atoms with van der Waals surface area (Å²) in [6, 6.07) is 8.81. The van der Waals surface area contributed by atoms with Crippen LogP contribution in [-0.4, -0.2) is 62.6 Å². The fourth-order valence-corrected chi connectivity index (χ4v) is 7.39. The Kier molecular flexibility index (Phi) is 9.96. The van der Waals surface area contributed by atoms with Crippen molar-refractivity contribution in [3.05, 3.63) is 59.7 Å². The molecule has 0 fully saturated rings. The molecular formula is C20H24N2O8S4. The van der Waals surface area contributed by atoms with Gasteiger partial charge in [0.15, 0.2) is 0 Å². The first kappa shape index (κ1) is 28.1. The molecule has 0 saturated heterocycles. The average molecular weight is 549 g/mol. The number of benzene rings is 2. The molecule has 4 N–H and O–H groups in total. The second-order valence-corrected chi connectivity index (χ2v) is 13.2. The molecule has 0 radical (unpaired) electrons. The number of hydrogen-bond acceptors (Lipinski definition) is 8. The minimum absolute atomic E-state index is 0.0848. The fraction of sp³-hybridized carbons (Fsp3) is 0.300. The minimum Gasteiger partial charge on any atom is -0.480 e. The molecule has 2 aromatic carbocycles. The second-order valence-electron chi connectivity index (χ2n) is 7.22. The lowest BCUT2D eigenvalue weighted by atomic mass is 10.2. The molecule has 0 heterocycles. The predicted molar refractivity (Wildman–Crippen MR) is 131 cm³/mol. The predicted octanol–water partition coefficient (Wildman–Crippen LogP) is 1.85. The molecule has 0 aliphatic heterocycles. The van der Waals surface area contributed by atoms with E-state index in [1.54, 1.807) is 38.1 Å². The average Bonchev–Trinajstić information content (AvgIpc) is 2.75. The number of carboxylic acid groups (broad SMARTS) is 2. The third-order valence-corrected chi connectivity index (χ3v) is 9.80. The van der Waals surface area contributed by atoms with Crippen molar-refractivity contribution in [1.82, 2.24) is 9.44 Å². The van der Waals surface area contributed by atoms with Gasteiger partial charge in [-0.2, -0.15) is 9.44 Å². The van der Waals surface area contributed by atoms with E-state index >= 15 is 0 Å². The van der Waals surface area contributed by atoms with Crippen LogP contribution in [0.5, 0.6) is 0 Å². The number of aryl methyl sites for hydroxylation is 2. The van der Waals surface area contributed by atoms with E-state index in [1.165, 1.54) is 24.3 Å². The number of nitrogens with one attached hydrogen (secondary N) is 2. The third-order valence-electron chi connectivity index (χ3n) is 4.41. The molecule has 0 unspecified atom stereocenters. The van der Waals surface area contributed by atoms with Gasteiger partial charge in [-0.3, -0.25) is 9.59 Å². The van der Waals surface area contributed by atoms with Crippen molar-refractivity contribution in [1.29, 1.82) is 0 Å². The molecule has 0 amide bonds. The van der Waals surface area contributed by atoms with Crippen LogP contribution < -0.4 is 9.44 Å². The van der Waals surface area contributed by atoms with Gasteiger partial charge in [-0.25, -0.2) is 16.8 Å². The first-order valence-corrected chi connectivity index (χ1v) is 15.2. The molecule has 0 spiro atoms. The Hall–Kier alpha value is -2.10. The lowest BCUT2D eigenvalue weighted by molar-refractivity contribution is -0.139. The molecule has 0 saturated carbocycles. The van der Waals surface area contributed by atoms with Crippen molar-refractivity contribution in [3.8, 4) is 0 Å². The van der Waals surface area contributed by atoms with Gasteiger partial charge in [0, 0.05) is 11.5 Å². The molecule has 186 valence electrons. The van der Waals surface area contributed by atoms with E-state index in [-0.39, 0.29) is 21.3 Å². The molecule has 0 aliphatic rings. The van der Waals surface area contributed by atoms with Gasteiger partial charge in [0.05, 0.1) is 9.79 Å². The summed E-state index contributed by atoms with van der Waals surface area (Å²) in [6.07, 6.45) is 0. The van der Waals surface area contributed by atoms with Crippen LogP contribution in [0.3, 0.4) is 0 Å². The smallest absolute Gasteiger partial charge is 0.322 e. The van der Waals surface area contributed by atoms with Crippen molar-refractivity contribution in [2.24, 2.45) is 0 Å². The lowest BCUT2D eigenvalue weighted by Crippen LogP contribution is -2.43. The largest absolute Gasteiger partial charge is 0.480 e. The Bertz CT molecular complexity index is 1120. The molecule has 14 heteroatoms. The Labute approximate surface area is 206 Å². The zero-order chi connectivity index (χ0) is 25.5. The molecule has 2 atom stereocenters. The summed E-state index contributed by atoms with van der Waals surface area (Å²) in [5.74, 6) is -3.25. The van der Waals surface area contributed by atoms with Crippen molar-refractivity contribution < 1.29 is 36.6 Å². The maximum Gasteiger partial charge on any atom is 0.322 e. The highest BCUT2D eigenvalue weighted by atomic mass is 33.1. The Morgan fingerprint density at radius 2 is 1.00 bits per heavy atom. The van der Waals surface area contributed by atoms with E-state index in [0.717, 1.165) is 32.7 Å². The molecule has 0 aliphatic carbocycles. The van der Waals surface area contributed by atoms with Crippen molar-refractivity contribution in [2.45, 2.75) is 35.7 Å². The number of carbonyl (C=O) groups is 2. The first-order valence-electron chi connectivity index (χ1n) is 9.70. The van der Waals surface area contributed by atoms with Crippen molar-refractivity contribution >= 4 is 53.6 Å². The summed E-state index contributed by atoms with van der Waals surface area (Å²) >= 11 is 0. The zero-order valence-corrected chi connectivity index (χ0v) is 21.4. The van der Waals surface area contributed by atoms with Crippen LogP contribution in [0.2, 0.25) is 0 Å². The summed E-state index contributed by atoms with van der Waals surface area (Å²) in [6.45, 7) is 3.56. The second kappa shape index (κ2) is 12.0. The van der Waals surface area contributed by atoms with Crippen LogP contribution in [0.1, 0.15) is 11.1 Å². The molecular weight excluding hydrogens is 524 g/mol. The Morgan fingerprint density at radius 1 is 0.706 bits per heavy atom. The third kappa shape index (κ3) is 8.29. The van der Waals surface area contributed by atoms with Gasteiger partial charge in [-0.1, -0.05) is 57.0 Å². The van der Waals surface area contributed by atoms with Gasteiger partial charge in [0.1, 0.15) is 12.1 Å². The van der Waals surface area contributed by atoms with Crippen molar-refractivity contribution in [3.63, 3.8) is 0 Å². The maximum atomic E-state index is 12.5. The number of aliphatic carboxylic acids is 2. The van der Waals surface area contributed by atoms with Gasteiger partial charge in [0.25, 0.3) is 0 Å². The first-order chi connectivity index (χ1) is 15.8. The molecule has 0 bridgehead atoms. The van der Waals surface area contributed by atoms with E-state index in [2.05, 4.69) is 9.44 Å². The topological polar surface area (TPSA) is 167 Å². The monoisotopic (exact) mass is 548 g/mol. The highest BCUT2D eigenvalue weighted by Crippen LogP contribution is 2.24. The van der Waals surface area contributed by atoms with Gasteiger partial charge in [-0.15, -0.1) is 0 Å². The van der Waals surface area contributed by atoms with Gasteiger partial charge in [-0.05, 0) is 38.1 Å². The number of sulfonamides is 2. The SMILES string of the molecule is Cc1ccc(S(=O)(=O)N[C@@H](CSSC[C@H](NS(=O)(=O)c2ccc(C)cc2)C(=O)O)C(=O)O)cc1. The molecule has 2 rings (SSSR count). The standard InChI is InChI=1S/C20H24N2O8S4/c1-13-3-7-15(8-4-13)33(27,28)21-17(19(23)24)11-31-32-12-18(20(25)26)22-34(29,30)16-9-5-14(2)6-10-16/h3-10,17-18,21-22H,11-12H2,1-2H3,(H,23,24)(H,25,26)/t17-,18-/m0/s1. The number of hydrogen-bond donors (Lipinski definition) is 4. The molecule has 2 aromatic rings. The summed E-state index contributed by atoms with van der Waals surface area (Å²) in [4.78, 5) is 22.9. The van der Waals surface area contributed by atoms with Crippen LogP contribution >= 0.6 is 21.6 Å². The molecule has 10 nitrogen and oxygen atoms in total. The van der Waals surface area contributed by atoms with Gasteiger partial charge in [0.2, 0.25) is 20.0 Å². The number of carboxylic acids is 2. The summed E-state index contributed by atoms with van der Waals surface area (Å²) in [5.41, 5.74) is 1.68. The van der Waals surface area contributed by atoms with Crippen LogP contribution in [-0.2, 0) is 29.6 Å². The minimum atomic E-state index is -4.09. The zero-order valence-electron chi connectivity index (χ0n) is 18.2.